The highest BCUT2D eigenvalue weighted by molar-refractivity contribution is 7.92. The number of carbonyl (C=O) groups excluding carboxylic acids is 2. The molecule has 0 saturated heterocycles. The van der Waals surface area contributed by atoms with E-state index in [2.05, 4.69) is 10.0 Å². The third-order valence-electron chi connectivity index (χ3n) is 4.91. The number of carbonyl (C=O) groups is 2. The van der Waals surface area contributed by atoms with Crippen molar-refractivity contribution in [2.75, 3.05) is 21.5 Å². The molecule has 1 aliphatic rings. The Hall–Kier alpha value is -2.87. The summed E-state index contributed by atoms with van der Waals surface area (Å²) < 4.78 is 28.4. The summed E-state index contributed by atoms with van der Waals surface area (Å²) >= 11 is 0. The molecule has 7 nitrogen and oxygen atoms in total. The van der Waals surface area contributed by atoms with Crippen LogP contribution in [0.3, 0.4) is 0 Å². The lowest BCUT2D eigenvalue weighted by molar-refractivity contribution is -0.123. The fourth-order valence-electron chi connectivity index (χ4n) is 3.26. The van der Waals surface area contributed by atoms with Gasteiger partial charge in [0.25, 0.3) is 10.0 Å². The van der Waals surface area contributed by atoms with Gasteiger partial charge in [0.2, 0.25) is 11.8 Å². The zero-order valence-electron chi connectivity index (χ0n) is 17.7. The Bertz CT molecular complexity index is 1090. The highest BCUT2D eigenvalue weighted by Gasteiger charge is 2.24. The molecule has 1 heterocycles. The zero-order chi connectivity index (χ0) is 22.1. The second-order valence-corrected chi connectivity index (χ2v) is 10.1. The first kappa shape index (κ1) is 21.8. The number of benzene rings is 2. The fourth-order valence-corrected chi connectivity index (χ4v) is 4.36. The minimum absolute atomic E-state index is 0.0567. The van der Waals surface area contributed by atoms with Gasteiger partial charge in [-0.15, -0.1) is 0 Å². The average Bonchev–Trinajstić information content (AvgIpc) is 2.66. The lowest BCUT2D eigenvalue weighted by atomic mass is 9.95. The number of nitrogens with one attached hydrogen (secondary N) is 2. The molecule has 1 aliphatic heterocycles. The molecule has 2 aromatic rings. The minimum Gasteiger partial charge on any atom is -0.326 e. The molecule has 2 N–H and O–H groups in total. The molecule has 2 aromatic carbocycles. The molecule has 0 aliphatic carbocycles. The average molecular weight is 430 g/mol. The van der Waals surface area contributed by atoms with Crippen LogP contribution in [0.1, 0.15) is 39.7 Å². The predicted octanol–water partition coefficient (Wildman–Crippen LogP) is 3.77. The number of fused-ring (bicyclic) bond motifs is 1. The number of sulfonamides is 1. The van der Waals surface area contributed by atoms with Crippen LogP contribution in [-0.4, -0.2) is 26.8 Å². The van der Waals surface area contributed by atoms with E-state index >= 15 is 0 Å². The zero-order valence-corrected chi connectivity index (χ0v) is 18.5. The Morgan fingerprint density at radius 1 is 1.03 bits per heavy atom. The minimum atomic E-state index is -3.82. The summed E-state index contributed by atoms with van der Waals surface area (Å²) in [6.07, 6.45) is 1.51. The molecule has 0 saturated carbocycles. The van der Waals surface area contributed by atoms with Gasteiger partial charge < -0.3 is 10.2 Å². The van der Waals surface area contributed by atoms with Crippen molar-refractivity contribution in [1.29, 1.82) is 0 Å². The Labute approximate surface area is 177 Å². The van der Waals surface area contributed by atoms with E-state index in [-0.39, 0.29) is 16.7 Å². The highest BCUT2D eigenvalue weighted by Crippen LogP contribution is 2.30. The van der Waals surface area contributed by atoms with E-state index in [0.29, 0.717) is 17.9 Å². The molecule has 0 radical (unpaired) electrons. The van der Waals surface area contributed by atoms with Crippen LogP contribution in [-0.2, 0) is 26.0 Å². The first-order chi connectivity index (χ1) is 14.0. The Morgan fingerprint density at radius 3 is 2.40 bits per heavy atom. The first-order valence-corrected chi connectivity index (χ1v) is 11.3. The van der Waals surface area contributed by atoms with E-state index in [9.17, 15) is 18.0 Å². The normalized spacial score (nSPS) is 14.1. The number of amides is 2. The Morgan fingerprint density at radius 2 is 1.73 bits per heavy atom. The molecule has 0 spiro atoms. The molecule has 0 fully saturated rings. The summed E-state index contributed by atoms with van der Waals surface area (Å²) in [5.74, 6) is -0.217. The lowest BCUT2D eigenvalue weighted by Gasteiger charge is -2.28. The fraction of sp³-hybridized carbons (Fsp3) is 0.364. The van der Waals surface area contributed by atoms with Gasteiger partial charge >= 0.3 is 0 Å². The summed E-state index contributed by atoms with van der Waals surface area (Å²) in [6.45, 7) is 7.56. The van der Waals surface area contributed by atoms with Gasteiger partial charge in [-0.2, -0.15) is 0 Å². The van der Waals surface area contributed by atoms with Crippen molar-refractivity contribution in [1.82, 2.24) is 0 Å². The van der Waals surface area contributed by atoms with Gasteiger partial charge in [0.05, 0.1) is 10.6 Å². The van der Waals surface area contributed by atoms with Gasteiger partial charge in [-0.25, -0.2) is 8.42 Å². The van der Waals surface area contributed by atoms with Crippen molar-refractivity contribution in [2.45, 2.75) is 45.4 Å². The summed E-state index contributed by atoms with van der Waals surface area (Å²) in [6, 6.07) is 11.4. The number of anilines is 3. The largest absolute Gasteiger partial charge is 0.326 e. The molecule has 2 amide bonds. The van der Waals surface area contributed by atoms with Gasteiger partial charge in [0.15, 0.2) is 0 Å². The summed E-state index contributed by atoms with van der Waals surface area (Å²) in [7, 11) is -3.82. The van der Waals surface area contributed by atoms with Crippen molar-refractivity contribution >= 4 is 38.9 Å². The second kappa shape index (κ2) is 8.10. The van der Waals surface area contributed by atoms with E-state index < -0.39 is 15.4 Å². The molecule has 0 unspecified atom stereocenters. The standard InChI is InChI=1S/C22H27N3O4S/c1-15(26)25-12-6-7-16-13-19(10-11-20(16)25)30(28,29)24-18-9-5-8-17(14-18)23-21(27)22(2,3)4/h5,8-11,13-14,24H,6-7,12H2,1-4H3,(H,23,27). The van der Waals surface area contributed by atoms with E-state index in [0.717, 1.165) is 24.1 Å². The van der Waals surface area contributed by atoms with Crippen molar-refractivity contribution in [3.05, 3.63) is 48.0 Å². The molecule has 0 aromatic heterocycles. The van der Waals surface area contributed by atoms with Crippen molar-refractivity contribution in [3.63, 3.8) is 0 Å². The van der Waals surface area contributed by atoms with Crippen molar-refractivity contribution in [3.8, 4) is 0 Å². The molecule has 0 bridgehead atoms. The van der Waals surface area contributed by atoms with Crippen LogP contribution in [0.25, 0.3) is 0 Å². The molecule has 3 rings (SSSR count). The molecule has 0 atom stereocenters. The molecule has 30 heavy (non-hydrogen) atoms. The van der Waals surface area contributed by atoms with Crippen LogP contribution < -0.4 is 14.9 Å². The van der Waals surface area contributed by atoms with E-state index in [1.54, 1.807) is 62.1 Å². The van der Waals surface area contributed by atoms with E-state index in [4.69, 9.17) is 0 Å². The number of hydrogen-bond acceptors (Lipinski definition) is 4. The molecule has 160 valence electrons. The van der Waals surface area contributed by atoms with Crippen LogP contribution >= 0.6 is 0 Å². The van der Waals surface area contributed by atoms with Crippen LogP contribution in [0, 0.1) is 5.41 Å². The summed E-state index contributed by atoms with van der Waals surface area (Å²) in [5.41, 5.74) is 1.90. The third kappa shape index (κ3) is 4.81. The maximum atomic E-state index is 12.9. The van der Waals surface area contributed by atoms with Crippen molar-refractivity contribution < 1.29 is 18.0 Å². The number of rotatable bonds is 4. The number of nitrogens with zero attached hydrogens (tertiary/aromatic N) is 1. The molecule has 8 heteroatoms. The summed E-state index contributed by atoms with van der Waals surface area (Å²) in [4.78, 5) is 25.8. The summed E-state index contributed by atoms with van der Waals surface area (Å²) in [5, 5.41) is 2.79. The lowest BCUT2D eigenvalue weighted by Crippen LogP contribution is -2.33. The maximum absolute atomic E-state index is 12.9. The van der Waals surface area contributed by atoms with Crippen LogP contribution in [0.5, 0.6) is 0 Å². The Balaban J connectivity index is 1.83. The monoisotopic (exact) mass is 429 g/mol. The first-order valence-electron chi connectivity index (χ1n) is 9.83. The molecular weight excluding hydrogens is 402 g/mol. The third-order valence-corrected chi connectivity index (χ3v) is 6.29. The smallest absolute Gasteiger partial charge is 0.261 e. The van der Waals surface area contributed by atoms with Crippen LogP contribution in [0.2, 0.25) is 0 Å². The van der Waals surface area contributed by atoms with E-state index in [1.807, 2.05) is 0 Å². The van der Waals surface area contributed by atoms with Gasteiger partial charge in [0, 0.05) is 30.3 Å². The number of aryl methyl sites for hydroxylation is 1. The topological polar surface area (TPSA) is 95.6 Å². The van der Waals surface area contributed by atoms with E-state index in [1.165, 1.54) is 13.0 Å². The quantitative estimate of drug-likeness (QED) is 0.773. The van der Waals surface area contributed by atoms with Crippen LogP contribution in [0.4, 0.5) is 17.1 Å². The van der Waals surface area contributed by atoms with Gasteiger partial charge in [-0.1, -0.05) is 26.8 Å². The highest BCUT2D eigenvalue weighted by atomic mass is 32.2. The van der Waals surface area contributed by atoms with Crippen molar-refractivity contribution in [2.24, 2.45) is 5.41 Å². The van der Waals surface area contributed by atoms with Crippen LogP contribution in [0.15, 0.2) is 47.4 Å². The SMILES string of the molecule is CC(=O)N1CCCc2cc(S(=O)(=O)Nc3cccc(NC(=O)C(C)(C)C)c3)ccc21. The van der Waals surface area contributed by atoms with Gasteiger partial charge in [-0.05, 0) is 54.8 Å². The number of hydrogen-bond donors (Lipinski definition) is 2. The van der Waals surface area contributed by atoms with Gasteiger partial charge in [0.1, 0.15) is 0 Å². The van der Waals surface area contributed by atoms with Gasteiger partial charge in [-0.3, -0.25) is 14.3 Å². The Kier molecular flexibility index (Phi) is 5.90. The molecular formula is C22H27N3O4S. The maximum Gasteiger partial charge on any atom is 0.261 e. The predicted molar refractivity (Wildman–Crippen MR) is 118 cm³/mol. The second-order valence-electron chi connectivity index (χ2n) is 8.46.